The summed E-state index contributed by atoms with van der Waals surface area (Å²) in [4.78, 5) is 28.9. The van der Waals surface area contributed by atoms with E-state index in [9.17, 15) is 9.59 Å². The maximum absolute atomic E-state index is 12.5. The second-order valence-corrected chi connectivity index (χ2v) is 6.47. The molecule has 6 nitrogen and oxygen atoms in total. The number of amides is 1. The maximum atomic E-state index is 12.5. The van der Waals surface area contributed by atoms with Gasteiger partial charge < -0.3 is 14.5 Å². The van der Waals surface area contributed by atoms with Crippen LogP contribution >= 0.6 is 0 Å². The van der Waals surface area contributed by atoms with Gasteiger partial charge in [-0.15, -0.1) is 0 Å². The number of fused-ring (bicyclic) bond motifs is 1. The summed E-state index contributed by atoms with van der Waals surface area (Å²) >= 11 is 0. The Morgan fingerprint density at radius 1 is 1.15 bits per heavy atom. The average Bonchev–Trinajstić information content (AvgIpc) is 2.97. The highest BCUT2D eigenvalue weighted by Gasteiger charge is 2.14. The van der Waals surface area contributed by atoms with Gasteiger partial charge in [0.1, 0.15) is 5.65 Å². The Hall–Kier alpha value is -3.15. The number of rotatable bonds is 6. The fraction of sp³-hybridized carbons (Fsp3) is 0.286. The van der Waals surface area contributed by atoms with Crippen LogP contribution in [-0.2, 0) is 16.0 Å². The number of pyridine rings is 1. The maximum Gasteiger partial charge on any atom is 0.338 e. The van der Waals surface area contributed by atoms with Gasteiger partial charge in [-0.05, 0) is 56.2 Å². The van der Waals surface area contributed by atoms with Gasteiger partial charge in [-0.3, -0.25) is 4.79 Å². The molecule has 0 aliphatic carbocycles. The van der Waals surface area contributed by atoms with E-state index in [2.05, 4.69) is 10.3 Å². The first-order chi connectivity index (χ1) is 13.0. The fourth-order valence-corrected chi connectivity index (χ4v) is 2.90. The smallest absolute Gasteiger partial charge is 0.338 e. The quantitative estimate of drug-likeness (QED) is 0.676. The van der Waals surface area contributed by atoms with Crippen molar-refractivity contribution in [3.63, 3.8) is 0 Å². The summed E-state index contributed by atoms with van der Waals surface area (Å²) < 4.78 is 7.05. The minimum absolute atomic E-state index is 0.136. The molecule has 27 heavy (non-hydrogen) atoms. The molecule has 3 rings (SSSR count). The number of carbonyl (C=O) groups excluding carboxylic acids is 2. The van der Waals surface area contributed by atoms with Crippen LogP contribution in [0.1, 0.15) is 40.7 Å². The summed E-state index contributed by atoms with van der Waals surface area (Å²) in [5, 5.41) is 2.86. The molecule has 6 heteroatoms. The van der Waals surface area contributed by atoms with E-state index in [-0.39, 0.29) is 18.3 Å². The third kappa shape index (κ3) is 4.16. The largest absolute Gasteiger partial charge is 0.462 e. The number of esters is 1. The standard InChI is InChI=1S/C21H23N3O3/c1-4-12-27-21(26)16-7-9-17(10-8-16)23-19(25)13-18-15(3)22-20-14(2)6-5-11-24(18)20/h5-11H,4,12-13H2,1-3H3,(H,23,25). The SMILES string of the molecule is CCCOC(=O)c1ccc(NC(=O)Cc2c(C)nc3c(C)cccn23)cc1. The van der Waals surface area contributed by atoms with Crippen molar-refractivity contribution in [2.75, 3.05) is 11.9 Å². The highest BCUT2D eigenvalue weighted by atomic mass is 16.5. The molecule has 3 aromatic rings. The topological polar surface area (TPSA) is 72.7 Å². The third-order valence-electron chi connectivity index (χ3n) is 4.31. The van der Waals surface area contributed by atoms with Crippen LogP contribution in [-0.4, -0.2) is 27.9 Å². The molecule has 0 aliphatic rings. The first-order valence-corrected chi connectivity index (χ1v) is 8.99. The molecule has 0 radical (unpaired) electrons. The first kappa shape index (κ1) is 18.6. The number of aryl methyl sites for hydroxylation is 2. The number of aromatic nitrogens is 2. The molecule has 0 spiro atoms. The minimum Gasteiger partial charge on any atom is -0.462 e. The molecule has 0 bridgehead atoms. The summed E-state index contributed by atoms with van der Waals surface area (Å²) in [6.45, 7) is 6.25. The van der Waals surface area contributed by atoms with Gasteiger partial charge in [-0.2, -0.15) is 0 Å². The van der Waals surface area contributed by atoms with Gasteiger partial charge in [0.2, 0.25) is 5.91 Å². The van der Waals surface area contributed by atoms with Crippen molar-refractivity contribution in [3.8, 4) is 0 Å². The van der Waals surface area contributed by atoms with Crippen LogP contribution in [0.25, 0.3) is 5.65 Å². The molecule has 2 aromatic heterocycles. The number of anilines is 1. The second kappa shape index (κ2) is 8.03. The zero-order chi connectivity index (χ0) is 19.4. The molecule has 0 saturated heterocycles. The molecular formula is C21H23N3O3. The molecule has 0 unspecified atom stereocenters. The van der Waals surface area contributed by atoms with Gasteiger partial charge in [0.25, 0.3) is 0 Å². The molecule has 0 fully saturated rings. The Bertz CT molecular complexity index is 974. The molecular weight excluding hydrogens is 342 g/mol. The van der Waals surface area contributed by atoms with Crippen LogP contribution in [0.5, 0.6) is 0 Å². The second-order valence-electron chi connectivity index (χ2n) is 6.47. The van der Waals surface area contributed by atoms with Gasteiger partial charge in [-0.25, -0.2) is 9.78 Å². The lowest BCUT2D eigenvalue weighted by Gasteiger charge is -2.08. The van der Waals surface area contributed by atoms with Gasteiger partial charge in [0.15, 0.2) is 0 Å². The number of hydrogen-bond acceptors (Lipinski definition) is 4. The summed E-state index contributed by atoms with van der Waals surface area (Å²) in [6, 6.07) is 10.6. The molecule has 0 atom stereocenters. The van der Waals surface area contributed by atoms with E-state index >= 15 is 0 Å². The summed E-state index contributed by atoms with van der Waals surface area (Å²) in [7, 11) is 0. The molecule has 1 aromatic carbocycles. The van der Waals surface area contributed by atoms with E-state index in [4.69, 9.17) is 4.74 Å². The minimum atomic E-state index is -0.355. The van der Waals surface area contributed by atoms with Gasteiger partial charge in [0.05, 0.1) is 30.0 Å². The molecule has 2 heterocycles. The number of hydrogen-bond donors (Lipinski definition) is 1. The molecule has 1 N–H and O–H groups in total. The van der Waals surface area contributed by atoms with Gasteiger partial charge >= 0.3 is 5.97 Å². The van der Waals surface area contributed by atoms with Crippen LogP contribution in [0.2, 0.25) is 0 Å². The van der Waals surface area contributed by atoms with Crippen molar-refractivity contribution in [3.05, 3.63) is 65.1 Å². The average molecular weight is 365 g/mol. The predicted octanol–water partition coefficient (Wildman–Crippen LogP) is 3.70. The Balaban J connectivity index is 1.69. The lowest BCUT2D eigenvalue weighted by molar-refractivity contribution is -0.115. The van der Waals surface area contributed by atoms with E-state index in [0.717, 1.165) is 29.0 Å². The highest BCUT2D eigenvalue weighted by Crippen LogP contribution is 2.17. The Morgan fingerprint density at radius 3 is 2.59 bits per heavy atom. The Morgan fingerprint density at radius 2 is 1.89 bits per heavy atom. The van der Waals surface area contributed by atoms with Crippen molar-refractivity contribution in [2.24, 2.45) is 0 Å². The number of nitrogens with one attached hydrogen (secondary N) is 1. The van der Waals surface area contributed by atoms with Crippen LogP contribution in [0.3, 0.4) is 0 Å². The van der Waals surface area contributed by atoms with Crippen LogP contribution in [0.4, 0.5) is 5.69 Å². The van der Waals surface area contributed by atoms with Crippen molar-refractivity contribution in [2.45, 2.75) is 33.6 Å². The van der Waals surface area contributed by atoms with Crippen molar-refractivity contribution < 1.29 is 14.3 Å². The zero-order valence-electron chi connectivity index (χ0n) is 15.8. The highest BCUT2D eigenvalue weighted by molar-refractivity contribution is 5.94. The van der Waals surface area contributed by atoms with Gasteiger partial charge in [-0.1, -0.05) is 13.0 Å². The monoisotopic (exact) mass is 365 g/mol. The van der Waals surface area contributed by atoms with Crippen molar-refractivity contribution in [1.82, 2.24) is 9.38 Å². The van der Waals surface area contributed by atoms with Crippen LogP contribution in [0, 0.1) is 13.8 Å². The van der Waals surface area contributed by atoms with Gasteiger partial charge in [0, 0.05) is 11.9 Å². The van der Waals surface area contributed by atoms with Crippen molar-refractivity contribution in [1.29, 1.82) is 0 Å². The molecule has 1 amide bonds. The summed E-state index contributed by atoms with van der Waals surface area (Å²) in [5.41, 5.74) is 4.74. The van der Waals surface area contributed by atoms with E-state index in [0.29, 0.717) is 17.9 Å². The summed E-state index contributed by atoms with van der Waals surface area (Å²) in [6.07, 6.45) is 2.92. The lowest BCUT2D eigenvalue weighted by atomic mass is 10.2. The molecule has 140 valence electrons. The fourth-order valence-electron chi connectivity index (χ4n) is 2.90. The first-order valence-electron chi connectivity index (χ1n) is 8.99. The number of nitrogens with zero attached hydrogens (tertiary/aromatic N) is 2. The van der Waals surface area contributed by atoms with Crippen molar-refractivity contribution >= 4 is 23.2 Å². The Kier molecular flexibility index (Phi) is 5.54. The number of ether oxygens (including phenoxy) is 1. The summed E-state index contributed by atoms with van der Waals surface area (Å²) in [5.74, 6) is -0.492. The number of carbonyl (C=O) groups is 2. The van der Waals surface area contributed by atoms with E-state index in [1.54, 1.807) is 24.3 Å². The third-order valence-corrected chi connectivity index (χ3v) is 4.31. The normalized spacial score (nSPS) is 10.8. The van der Waals surface area contributed by atoms with E-state index < -0.39 is 0 Å². The zero-order valence-corrected chi connectivity index (χ0v) is 15.8. The number of benzene rings is 1. The molecule has 0 aliphatic heterocycles. The predicted molar refractivity (Wildman–Crippen MR) is 104 cm³/mol. The molecule has 0 saturated carbocycles. The van der Waals surface area contributed by atoms with E-state index in [1.807, 2.05) is 43.5 Å². The van der Waals surface area contributed by atoms with E-state index in [1.165, 1.54) is 0 Å². The van der Waals surface area contributed by atoms with Crippen LogP contribution in [0.15, 0.2) is 42.6 Å². The lowest BCUT2D eigenvalue weighted by Crippen LogP contribution is -2.16. The number of imidazole rings is 1. The van der Waals surface area contributed by atoms with Crippen LogP contribution < -0.4 is 5.32 Å². The Labute approximate surface area is 158 Å².